The second-order valence-electron chi connectivity index (χ2n) is 28.9. The molecule has 23 aromatic rings. The van der Waals surface area contributed by atoms with Crippen LogP contribution in [-0.4, -0.2) is 49.8 Å². The molecular formula is C116H77F7Ir5N10S5-10. The summed E-state index contributed by atoms with van der Waals surface area (Å²) in [7, 11) is 0. The summed E-state index contributed by atoms with van der Waals surface area (Å²) in [5.74, 6) is -0.278. The molecule has 0 aliphatic rings. The fraction of sp³-hybridized carbons (Fsp3) is 0.0345. The Hall–Kier alpha value is -12.7. The third-order valence-corrected chi connectivity index (χ3v) is 24.1. The zero-order chi connectivity index (χ0) is 95.6. The van der Waals surface area contributed by atoms with Gasteiger partial charge in [-0.3, -0.25) is 9.37 Å². The van der Waals surface area contributed by atoms with E-state index in [-0.39, 0.29) is 106 Å². The Morgan fingerprint density at radius 1 is 0.259 bits per heavy atom. The zero-order valence-corrected chi connectivity index (χ0v) is 91.2. The van der Waals surface area contributed by atoms with Crippen LogP contribution in [0, 0.1) is 73.4 Å². The maximum Gasteiger partial charge on any atom is 0.417 e. The van der Waals surface area contributed by atoms with Gasteiger partial charge >= 0.3 is 12.4 Å². The van der Waals surface area contributed by atoms with Crippen molar-refractivity contribution in [1.29, 1.82) is 0 Å². The van der Waals surface area contributed by atoms with Crippen LogP contribution in [0.1, 0.15) is 27.9 Å². The normalized spacial score (nSPS) is 10.1. The van der Waals surface area contributed by atoms with Crippen molar-refractivity contribution in [2.45, 2.75) is 25.7 Å². The first-order valence-corrected chi connectivity index (χ1v) is 46.8. The molecule has 0 saturated heterocycles. The fourth-order valence-corrected chi connectivity index (χ4v) is 16.6. The molecule has 27 heteroatoms. The molecule has 15 heterocycles. The van der Waals surface area contributed by atoms with E-state index in [1.54, 1.807) is 82.5 Å². The van der Waals surface area contributed by atoms with Crippen LogP contribution >= 0.6 is 56.7 Å². The van der Waals surface area contributed by atoms with Crippen LogP contribution in [0.5, 0.6) is 0 Å². The molecule has 0 fully saturated rings. The molecule has 0 aliphatic carbocycles. The van der Waals surface area contributed by atoms with Crippen LogP contribution in [0.25, 0.3) is 128 Å². The van der Waals surface area contributed by atoms with Crippen molar-refractivity contribution in [3.63, 3.8) is 0 Å². The van der Waals surface area contributed by atoms with Crippen molar-refractivity contribution in [1.82, 2.24) is 49.8 Å². The average molecular weight is 2870 g/mol. The molecule has 143 heavy (non-hydrogen) atoms. The first-order chi connectivity index (χ1) is 67.5. The van der Waals surface area contributed by atoms with Gasteiger partial charge < -0.3 is 44.9 Å². The Morgan fingerprint density at radius 3 is 0.860 bits per heavy atom. The summed E-state index contributed by atoms with van der Waals surface area (Å²) >= 11 is 7.98. The van der Waals surface area contributed by atoms with E-state index in [1.807, 2.05) is 291 Å². The maximum absolute atomic E-state index is 12.6. The molecule has 0 atom stereocenters. The molecule has 0 unspecified atom stereocenters. The van der Waals surface area contributed by atoms with E-state index in [9.17, 15) is 30.7 Å². The van der Waals surface area contributed by atoms with Gasteiger partial charge in [0.2, 0.25) is 0 Å². The standard InChI is InChI=1S/C14H7F3NS.2C13H8NS.2C12H10N.C11H7FN.2C11H8N.C10H5F3NS.C9H6NS.5Ir/c15-14(16,17)10-5-6-11(18-8-10)13-7-9-3-1-2-4-12(9)19-13;2*1-2-7-12-10(5-1)9-13(15-12)11-6-3-4-8-14-11;1-10-5-7-11(8-6-10)12-4-2-3-9-13-12;1-2-6-11(7-3-1)10-12-8-4-5-9-13-12;12-10-6-4-9(5-7-10)11-3-1-2-8-13-11;2*1-2-6-10(7-3-1)11-8-4-5-9-12-11;11-10(12,13)7-3-4-8(14-6-7)9-2-1-5-15-9;1-2-6-10-8(4-1)9-5-3-7-11-9;;;;;/h1-6,8H;2*1-8H;2-7,9H,1H3;1-6,8-9H,10H2;1-4,6-8H;2*1-6,8-9H;1,3-6H;1-4,6-7H;;;;;/q10*-1;;;;;. The van der Waals surface area contributed by atoms with E-state index in [0.717, 1.165) is 133 Å². The van der Waals surface area contributed by atoms with E-state index >= 15 is 0 Å². The summed E-state index contributed by atoms with van der Waals surface area (Å²) in [5, 5.41) is 7.09. The van der Waals surface area contributed by atoms with Gasteiger partial charge in [0.1, 0.15) is 0 Å². The van der Waals surface area contributed by atoms with Crippen LogP contribution in [0.2, 0.25) is 0 Å². The van der Waals surface area contributed by atoms with Crippen LogP contribution in [-0.2, 0) is 119 Å². The second kappa shape index (κ2) is 60.7. The van der Waals surface area contributed by atoms with Gasteiger partial charge in [-0.25, -0.2) is 56.7 Å². The average Bonchev–Trinajstić information content (AvgIpc) is 1.71. The monoisotopic (exact) mass is 2870 g/mol. The molecule has 8 aromatic carbocycles. The van der Waals surface area contributed by atoms with E-state index in [1.165, 1.54) is 78.2 Å². The number of thiophene rings is 5. The number of benzene rings is 8. The first kappa shape index (κ1) is 114. The van der Waals surface area contributed by atoms with Crippen molar-refractivity contribution in [2.75, 3.05) is 0 Å². The summed E-state index contributed by atoms with van der Waals surface area (Å²) in [4.78, 5) is 46.3. The number of aromatic nitrogens is 10. The minimum atomic E-state index is -4.35. The molecule has 15 aromatic heterocycles. The van der Waals surface area contributed by atoms with Crippen LogP contribution in [0.15, 0.2) is 437 Å². The van der Waals surface area contributed by atoms with Crippen molar-refractivity contribution in [2.24, 2.45) is 0 Å². The van der Waals surface area contributed by atoms with Gasteiger partial charge in [0.15, 0.2) is 0 Å². The number of alkyl halides is 6. The molecule has 0 saturated carbocycles. The molecule has 0 spiro atoms. The number of aryl methyl sites for hydroxylation is 1. The SMILES string of the molecule is Cc1c[c-]c(-c2ccccn2)cc1.FC(F)(F)c1ccc(-c2[c-]c3ccccc3s2)nc1.FC(F)(F)c1ccc(-c2[c-]ccs2)nc1.Fc1c[c-]c(-c2ccccn2)cc1.[Ir].[Ir].[Ir].[Ir].[Ir].[c-]1c(-c2ccccn2)sc2ccccc12.[c-]1c(-c2ccccn2)sc2ccccc12.[c-]1ccccc1-c1ccccn1.[c-]1ccccc1-c1ccccn1.[c-]1ccccc1Cc1ccccn1.[c-]1ccsc1-c1ccccn1. The Labute approximate surface area is 913 Å². The predicted molar refractivity (Wildman–Crippen MR) is 546 cm³/mol. The van der Waals surface area contributed by atoms with E-state index in [2.05, 4.69) is 166 Å². The molecule has 0 N–H and O–H groups in total. The number of fused-ring (bicyclic) bond motifs is 3. The largest absolute Gasteiger partial charge is 0.417 e. The van der Waals surface area contributed by atoms with Gasteiger partial charge in [0.05, 0.1) is 11.1 Å². The summed E-state index contributed by atoms with van der Waals surface area (Å²) in [6, 6.07) is 145. The number of rotatable bonds is 11. The molecule has 5 radical (unpaired) electrons. The number of hydrogen-bond acceptors (Lipinski definition) is 15. The Balaban J connectivity index is 0.000000177. The quantitative estimate of drug-likeness (QED) is 0.0912. The third-order valence-electron chi connectivity index (χ3n) is 19.1. The number of pyridine rings is 10. The summed E-state index contributed by atoms with van der Waals surface area (Å²) in [6.45, 7) is 2.05. The van der Waals surface area contributed by atoms with E-state index in [0.29, 0.717) is 11.4 Å². The maximum atomic E-state index is 12.6. The van der Waals surface area contributed by atoms with Crippen LogP contribution in [0.4, 0.5) is 30.7 Å². The fourth-order valence-electron chi connectivity index (χ4n) is 12.4. The molecular weight excluding hydrogens is 2790 g/mol. The summed E-state index contributed by atoms with van der Waals surface area (Å²) in [5.41, 5.74) is 13.7. The van der Waals surface area contributed by atoms with Gasteiger partial charge in [-0.15, -0.1) is 219 Å². The zero-order valence-electron chi connectivity index (χ0n) is 75.1. The molecule has 0 amide bonds. The van der Waals surface area contributed by atoms with Gasteiger partial charge in [-0.05, 0) is 124 Å². The Morgan fingerprint density at radius 2 is 0.573 bits per heavy atom. The number of halogens is 7. The molecule has 725 valence electrons. The Kier molecular flexibility index (Phi) is 48.3. The van der Waals surface area contributed by atoms with Gasteiger partial charge in [-0.1, -0.05) is 168 Å². The molecule has 10 nitrogen and oxygen atoms in total. The third kappa shape index (κ3) is 36.9. The first-order valence-electron chi connectivity index (χ1n) is 42.6. The van der Waals surface area contributed by atoms with Crippen molar-refractivity contribution in [3.8, 4) is 97.9 Å². The van der Waals surface area contributed by atoms with Crippen molar-refractivity contribution in [3.05, 3.63) is 531 Å². The van der Waals surface area contributed by atoms with Crippen LogP contribution < -0.4 is 0 Å². The topological polar surface area (TPSA) is 129 Å². The Bertz CT molecular complexity index is 6930. The minimum Gasteiger partial charge on any atom is -0.319 e. The number of hydrogen-bond donors (Lipinski definition) is 0. The smallest absolute Gasteiger partial charge is 0.319 e. The van der Waals surface area contributed by atoms with Crippen molar-refractivity contribution < 1.29 is 131 Å². The van der Waals surface area contributed by atoms with Crippen LogP contribution in [0.3, 0.4) is 0 Å². The molecule has 23 rings (SSSR count). The minimum absolute atomic E-state index is 0. The van der Waals surface area contributed by atoms with E-state index in [4.69, 9.17) is 0 Å². The summed E-state index contributed by atoms with van der Waals surface area (Å²) < 4.78 is 90.1. The summed E-state index contributed by atoms with van der Waals surface area (Å²) in [6.07, 6.45) is 8.18. The second-order valence-corrected chi connectivity index (χ2v) is 33.9. The number of nitrogens with zero attached hydrogens (tertiary/aromatic N) is 10. The van der Waals surface area contributed by atoms with Gasteiger partial charge in [0.25, 0.3) is 0 Å². The van der Waals surface area contributed by atoms with Gasteiger partial charge in [0, 0.05) is 191 Å². The molecule has 0 aliphatic heterocycles. The predicted octanol–water partition coefficient (Wildman–Crippen LogP) is 31.7. The van der Waals surface area contributed by atoms with E-state index < -0.39 is 23.5 Å². The molecule has 0 bridgehead atoms. The van der Waals surface area contributed by atoms with Crippen molar-refractivity contribution >= 4 is 86.9 Å². The van der Waals surface area contributed by atoms with Gasteiger partial charge in [-0.2, -0.15) is 86.5 Å².